The topological polar surface area (TPSA) is 77.8 Å². The number of anilines is 2. The quantitative estimate of drug-likeness (QED) is 0.543. The van der Waals surface area contributed by atoms with Gasteiger partial charge < -0.3 is 11.5 Å². The molecule has 0 aliphatic heterocycles. The molecule has 0 saturated heterocycles. The zero-order chi connectivity index (χ0) is 5.98. The van der Waals surface area contributed by atoms with Gasteiger partial charge in [0.25, 0.3) is 0 Å². The largest absolute Gasteiger partial charge is 0.382 e. The summed E-state index contributed by atoms with van der Waals surface area (Å²) < 4.78 is 0. The SMILES string of the molecule is Cl.Nc1ccc(N)nn1. The van der Waals surface area contributed by atoms with Gasteiger partial charge in [0.05, 0.1) is 0 Å². The van der Waals surface area contributed by atoms with Gasteiger partial charge in [0.2, 0.25) is 0 Å². The van der Waals surface area contributed by atoms with E-state index in [1.54, 1.807) is 12.1 Å². The van der Waals surface area contributed by atoms with Crippen LogP contribution in [0.2, 0.25) is 0 Å². The van der Waals surface area contributed by atoms with E-state index in [2.05, 4.69) is 10.2 Å². The molecule has 1 heterocycles. The van der Waals surface area contributed by atoms with Crippen molar-refractivity contribution in [3.8, 4) is 0 Å². The Labute approximate surface area is 58.7 Å². The second-order valence-electron chi connectivity index (χ2n) is 1.38. The van der Waals surface area contributed by atoms with Crippen molar-refractivity contribution in [1.82, 2.24) is 10.2 Å². The maximum atomic E-state index is 5.20. The Morgan fingerprint density at radius 3 is 1.56 bits per heavy atom. The molecule has 0 aliphatic carbocycles. The minimum Gasteiger partial charge on any atom is -0.382 e. The highest BCUT2D eigenvalue weighted by Crippen LogP contribution is 1.95. The van der Waals surface area contributed by atoms with E-state index in [1.165, 1.54) is 0 Å². The van der Waals surface area contributed by atoms with Crippen molar-refractivity contribution in [2.75, 3.05) is 11.5 Å². The molecule has 0 spiro atoms. The van der Waals surface area contributed by atoms with E-state index in [4.69, 9.17) is 11.5 Å². The van der Waals surface area contributed by atoms with Crippen molar-refractivity contribution >= 4 is 24.0 Å². The lowest BCUT2D eigenvalue weighted by Gasteiger charge is -1.88. The van der Waals surface area contributed by atoms with Gasteiger partial charge in [-0.3, -0.25) is 0 Å². The van der Waals surface area contributed by atoms with Crippen LogP contribution < -0.4 is 11.5 Å². The van der Waals surface area contributed by atoms with Crippen molar-refractivity contribution in [3.05, 3.63) is 12.1 Å². The lowest BCUT2D eigenvalue weighted by atomic mass is 10.5. The van der Waals surface area contributed by atoms with Crippen LogP contribution in [0.5, 0.6) is 0 Å². The Bertz CT molecular complexity index is 151. The molecule has 0 aliphatic rings. The average Bonchev–Trinajstić information content (AvgIpc) is 1.77. The van der Waals surface area contributed by atoms with Gasteiger partial charge in [-0.05, 0) is 12.1 Å². The van der Waals surface area contributed by atoms with E-state index in [9.17, 15) is 0 Å². The third kappa shape index (κ3) is 2.14. The monoisotopic (exact) mass is 146 g/mol. The number of rotatable bonds is 0. The highest BCUT2D eigenvalue weighted by Gasteiger charge is 1.83. The van der Waals surface area contributed by atoms with E-state index in [-0.39, 0.29) is 12.4 Å². The lowest BCUT2D eigenvalue weighted by Crippen LogP contribution is -1.95. The van der Waals surface area contributed by atoms with E-state index < -0.39 is 0 Å². The summed E-state index contributed by atoms with van der Waals surface area (Å²) in [6.07, 6.45) is 0. The summed E-state index contributed by atoms with van der Waals surface area (Å²) in [5.41, 5.74) is 10.4. The van der Waals surface area contributed by atoms with E-state index in [0.717, 1.165) is 0 Å². The third-order valence-corrected chi connectivity index (χ3v) is 0.706. The summed E-state index contributed by atoms with van der Waals surface area (Å²) in [5.74, 6) is 0.776. The molecule has 1 aromatic rings. The normalized spacial score (nSPS) is 8.00. The number of hydrogen-bond acceptors (Lipinski definition) is 4. The molecule has 0 amide bonds. The Hall–Kier alpha value is -1.03. The lowest BCUT2D eigenvalue weighted by molar-refractivity contribution is 1.05. The third-order valence-electron chi connectivity index (χ3n) is 0.706. The van der Waals surface area contributed by atoms with Gasteiger partial charge in [-0.25, -0.2) is 0 Å². The molecule has 50 valence electrons. The molecule has 0 aromatic carbocycles. The Kier molecular flexibility index (Phi) is 2.73. The minimum absolute atomic E-state index is 0. The maximum Gasteiger partial charge on any atom is 0.146 e. The van der Waals surface area contributed by atoms with Crippen molar-refractivity contribution in [3.63, 3.8) is 0 Å². The molecule has 5 heteroatoms. The second-order valence-corrected chi connectivity index (χ2v) is 1.38. The first-order chi connectivity index (χ1) is 3.79. The van der Waals surface area contributed by atoms with Gasteiger partial charge in [0, 0.05) is 0 Å². The molecule has 9 heavy (non-hydrogen) atoms. The van der Waals surface area contributed by atoms with Gasteiger partial charge in [-0.1, -0.05) is 0 Å². The molecule has 4 N–H and O–H groups in total. The number of nitrogens with two attached hydrogens (primary N) is 2. The Morgan fingerprint density at radius 2 is 1.33 bits per heavy atom. The van der Waals surface area contributed by atoms with Gasteiger partial charge in [-0.15, -0.1) is 22.6 Å². The summed E-state index contributed by atoms with van der Waals surface area (Å²) >= 11 is 0. The summed E-state index contributed by atoms with van der Waals surface area (Å²) in [4.78, 5) is 0. The highest BCUT2D eigenvalue weighted by atomic mass is 35.5. The summed E-state index contributed by atoms with van der Waals surface area (Å²) in [7, 11) is 0. The van der Waals surface area contributed by atoms with Crippen LogP contribution in [0, 0.1) is 0 Å². The molecule has 0 atom stereocenters. The molecule has 0 saturated carbocycles. The molecule has 4 nitrogen and oxygen atoms in total. The number of nitrogens with zero attached hydrogens (tertiary/aromatic N) is 2. The van der Waals surface area contributed by atoms with Gasteiger partial charge in [0.15, 0.2) is 0 Å². The van der Waals surface area contributed by atoms with Crippen LogP contribution >= 0.6 is 12.4 Å². The molecule has 0 bridgehead atoms. The minimum atomic E-state index is 0. The van der Waals surface area contributed by atoms with Crippen LogP contribution in [0.15, 0.2) is 12.1 Å². The molecule has 0 radical (unpaired) electrons. The van der Waals surface area contributed by atoms with Gasteiger partial charge >= 0.3 is 0 Å². The predicted octanol–water partition coefficient (Wildman–Crippen LogP) is 0.0628. The summed E-state index contributed by atoms with van der Waals surface area (Å²) in [6, 6.07) is 3.20. The fraction of sp³-hybridized carbons (Fsp3) is 0. The van der Waals surface area contributed by atoms with Crippen LogP contribution in [0.1, 0.15) is 0 Å². The first-order valence-corrected chi connectivity index (χ1v) is 2.14. The number of nitrogen functional groups attached to an aromatic ring is 2. The fourth-order valence-electron chi connectivity index (χ4n) is 0.353. The summed E-state index contributed by atoms with van der Waals surface area (Å²) in [5, 5.41) is 6.96. The van der Waals surface area contributed by atoms with Gasteiger partial charge in [-0.2, -0.15) is 0 Å². The average molecular weight is 147 g/mol. The maximum absolute atomic E-state index is 5.20. The van der Waals surface area contributed by atoms with E-state index in [1.807, 2.05) is 0 Å². The van der Waals surface area contributed by atoms with Crippen molar-refractivity contribution < 1.29 is 0 Å². The van der Waals surface area contributed by atoms with Crippen molar-refractivity contribution in [1.29, 1.82) is 0 Å². The van der Waals surface area contributed by atoms with Crippen molar-refractivity contribution in [2.45, 2.75) is 0 Å². The van der Waals surface area contributed by atoms with Crippen LogP contribution in [0.4, 0.5) is 11.6 Å². The fourth-order valence-corrected chi connectivity index (χ4v) is 0.353. The first kappa shape index (κ1) is 7.97. The van der Waals surface area contributed by atoms with Crippen LogP contribution in [0.3, 0.4) is 0 Å². The standard InChI is InChI=1S/C4H6N4.ClH/c5-3-1-2-4(6)8-7-3;/h1-2H,(H2,5,7)(H2,6,8);1H. The Morgan fingerprint density at radius 1 is 1.00 bits per heavy atom. The van der Waals surface area contributed by atoms with Gasteiger partial charge in [0.1, 0.15) is 11.6 Å². The molecule has 0 unspecified atom stereocenters. The number of aromatic nitrogens is 2. The molecule has 0 fully saturated rings. The van der Waals surface area contributed by atoms with Crippen molar-refractivity contribution in [2.24, 2.45) is 0 Å². The molecule has 1 rings (SSSR count). The number of hydrogen-bond donors (Lipinski definition) is 2. The van der Waals surface area contributed by atoms with Crippen LogP contribution in [-0.4, -0.2) is 10.2 Å². The van der Waals surface area contributed by atoms with Crippen LogP contribution in [0.25, 0.3) is 0 Å². The zero-order valence-electron chi connectivity index (χ0n) is 4.61. The molecular formula is C4H7ClN4. The second kappa shape index (κ2) is 3.09. The highest BCUT2D eigenvalue weighted by molar-refractivity contribution is 5.85. The number of halogens is 1. The molecular weight excluding hydrogens is 140 g/mol. The smallest absolute Gasteiger partial charge is 0.146 e. The first-order valence-electron chi connectivity index (χ1n) is 2.14. The van der Waals surface area contributed by atoms with E-state index in [0.29, 0.717) is 11.6 Å². The van der Waals surface area contributed by atoms with E-state index >= 15 is 0 Å². The molecule has 1 aromatic heterocycles. The Balaban J connectivity index is 0.000000640. The predicted molar refractivity (Wildman–Crippen MR) is 38.1 cm³/mol. The zero-order valence-corrected chi connectivity index (χ0v) is 5.43. The van der Waals surface area contributed by atoms with Crippen LogP contribution in [-0.2, 0) is 0 Å². The summed E-state index contributed by atoms with van der Waals surface area (Å²) in [6.45, 7) is 0.